The summed E-state index contributed by atoms with van der Waals surface area (Å²) in [6.45, 7) is -0.125. The highest BCUT2D eigenvalue weighted by Gasteiger charge is 2.13. The molecular weight excluding hydrogens is 164 g/mol. The quantitative estimate of drug-likeness (QED) is 0.699. The smallest absolute Gasteiger partial charge is 0.164 e. The van der Waals surface area contributed by atoms with Gasteiger partial charge in [0.05, 0.1) is 6.10 Å². The van der Waals surface area contributed by atoms with E-state index < -0.39 is 17.7 Å². The van der Waals surface area contributed by atoms with Crippen LogP contribution in [0.15, 0.2) is 18.2 Å². The lowest BCUT2D eigenvalue weighted by atomic mass is 10.1. The minimum atomic E-state index is -1.14. The molecule has 1 aromatic rings. The molecule has 0 spiro atoms. The summed E-state index contributed by atoms with van der Waals surface area (Å²) in [5.41, 5.74) is 4.98. The van der Waals surface area contributed by atoms with E-state index in [4.69, 9.17) is 10.8 Å². The predicted octanol–water partition coefficient (Wildman–Crippen LogP) is 0.957. The van der Waals surface area contributed by atoms with Crippen molar-refractivity contribution in [1.29, 1.82) is 0 Å². The molecule has 1 rings (SSSR count). The zero-order chi connectivity index (χ0) is 9.14. The van der Waals surface area contributed by atoms with Crippen molar-refractivity contribution in [2.75, 3.05) is 6.54 Å². The summed E-state index contributed by atoms with van der Waals surface area (Å²) in [5.74, 6) is -2.00. The number of halogens is 2. The molecule has 0 aliphatic heterocycles. The number of nitrogens with two attached hydrogens (primary N) is 1. The van der Waals surface area contributed by atoms with Crippen LogP contribution in [0.2, 0.25) is 0 Å². The highest BCUT2D eigenvalue weighted by atomic mass is 19.2. The number of aliphatic hydroxyl groups excluding tert-OH is 1. The van der Waals surface area contributed by atoms with E-state index in [1.165, 1.54) is 12.1 Å². The van der Waals surface area contributed by atoms with Crippen LogP contribution in [0.1, 0.15) is 11.7 Å². The first kappa shape index (κ1) is 9.09. The Kier molecular flexibility index (Phi) is 2.73. The Morgan fingerprint density at radius 3 is 2.67 bits per heavy atom. The zero-order valence-corrected chi connectivity index (χ0v) is 6.30. The normalized spacial score (nSPS) is 13.0. The number of rotatable bonds is 2. The number of hydrogen-bond acceptors (Lipinski definition) is 2. The molecule has 0 unspecified atom stereocenters. The lowest BCUT2D eigenvalue weighted by Crippen LogP contribution is -2.13. The molecule has 1 atom stereocenters. The standard InChI is InChI=1S/C8H9F2NO/c9-6-3-1-2-5(8(6)10)7(12)4-11/h1-3,7,12H,4,11H2/t7-/m0/s1. The molecule has 0 bridgehead atoms. The Balaban J connectivity index is 3.07. The van der Waals surface area contributed by atoms with Crippen LogP contribution in [0.5, 0.6) is 0 Å². The van der Waals surface area contributed by atoms with Crippen LogP contribution in [-0.2, 0) is 0 Å². The molecular formula is C8H9F2NO. The number of hydrogen-bond donors (Lipinski definition) is 2. The van der Waals surface area contributed by atoms with E-state index in [1.807, 2.05) is 0 Å². The monoisotopic (exact) mass is 173 g/mol. The summed E-state index contributed by atoms with van der Waals surface area (Å²) >= 11 is 0. The summed E-state index contributed by atoms with van der Waals surface area (Å²) in [6, 6.07) is 3.62. The molecule has 0 heterocycles. The van der Waals surface area contributed by atoms with E-state index in [0.717, 1.165) is 6.07 Å². The lowest BCUT2D eigenvalue weighted by Gasteiger charge is -2.08. The molecule has 4 heteroatoms. The van der Waals surface area contributed by atoms with E-state index in [0.29, 0.717) is 0 Å². The molecule has 1 aromatic carbocycles. The second-order valence-corrected chi connectivity index (χ2v) is 2.39. The molecule has 0 aliphatic rings. The van der Waals surface area contributed by atoms with Crippen molar-refractivity contribution in [2.24, 2.45) is 5.73 Å². The van der Waals surface area contributed by atoms with Gasteiger partial charge in [-0.15, -0.1) is 0 Å². The van der Waals surface area contributed by atoms with Crippen LogP contribution < -0.4 is 5.73 Å². The van der Waals surface area contributed by atoms with E-state index in [1.54, 1.807) is 0 Å². The van der Waals surface area contributed by atoms with Gasteiger partial charge in [-0.3, -0.25) is 0 Å². The summed E-state index contributed by atoms with van der Waals surface area (Å²) < 4.78 is 25.4. The van der Waals surface area contributed by atoms with Gasteiger partial charge in [0.15, 0.2) is 11.6 Å². The molecule has 3 N–H and O–H groups in total. The van der Waals surface area contributed by atoms with Crippen LogP contribution in [-0.4, -0.2) is 11.7 Å². The predicted molar refractivity (Wildman–Crippen MR) is 40.4 cm³/mol. The summed E-state index contributed by atoms with van der Waals surface area (Å²) in [4.78, 5) is 0. The molecule has 0 aliphatic carbocycles. The molecule has 0 saturated heterocycles. The van der Waals surface area contributed by atoms with Gasteiger partial charge in [-0.05, 0) is 6.07 Å². The van der Waals surface area contributed by atoms with Crippen LogP contribution >= 0.6 is 0 Å². The highest BCUT2D eigenvalue weighted by molar-refractivity contribution is 5.21. The summed E-state index contributed by atoms with van der Waals surface area (Å²) in [6.07, 6.45) is -1.14. The van der Waals surface area contributed by atoms with Gasteiger partial charge in [-0.1, -0.05) is 12.1 Å². The van der Waals surface area contributed by atoms with E-state index >= 15 is 0 Å². The van der Waals surface area contributed by atoms with Gasteiger partial charge in [0, 0.05) is 12.1 Å². The first-order valence-electron chi connectivity index (χ1n) is 3.49. The Morgan fingerprint density at radius 1 is 1.42 bits per heavy atom. The SMILES string of the molecule is NC[C@H](O)c1cccc(F)c1F. The van der Waals surface area contributed by atoms with E-state index in [-0.39, 0.29) is 12.1 Å². The Hall–Kier alpha value is -1.00. The van der Waals surface area contributed by atoms with Gasteiger partial charge >= 0.3 is 0 Å². The van der Waals surface area contributed by atoms with Gasteiger partial charge in [0.1, 0.15) is 0 Å². The fourth-order valence-corrected chi connectivity index (χ4v) is 0.905. The molecule has 0 amide bonds. The topological polar surface area (TPSA) is 46.2 Å². The van der Waals surface area contributed by atoms with Crippen molar-refractivity contribution in [1.82, 2.24) is 0 Å². The third-order valence-electron chi connectivity index (χ3n) is 1.56. The van der Waals surface area contributed by atoms with Crippen molar-refractivity contribution in [3.8, 4) is 0 Å². The second-order valence-electron chi connectivity index (χ2n) is 2.39. The Labute approximate surface area is 68.6 Å². The second kappa shape index (κ2) is 3.60. The third kappa shape index (κ3) is 1.60. The summed E-state index contributed by atoms with van der Waals surface area (Å²) in [7, 11) is 0. The minimum Gasteiger partial charge on any atom is -0.387 e. The van der Waals surface area contributed by atoms with Crippen LogP contribution in [0, 0.1) is 11.6 Å². The van der Waals surface area contributed by atoms with E-state index in [2.05, 4.69) is 0 Å². The van der Waals surface area contributed by atoms with Gasteiger partial charge in [-0.2, -0.15) is 0 Å². The number of aliphatic hydroxyl groups is 1. The number of benzene rings is 1. The van der Waals surface area contributed by atoms with Crippen LogP contribution in [0.4, 0.5) is 8.78 Å². The maximum Gasteiger partial charge on any atom is 0.164 e. The van der Waals surface area contributed by atoms with Crippen molar-refractivity contribution >= 4 is 0 Å². The molecule has 66 valence electrons. The Bertz CT molecular complexity index is 278. The fraction of sp³-hybridized carbons (Fsp3) is 0.250. The van der Waals surface area contributed by atoms with Gasteiger partial charge in [-0.25, -0.2) is 8.78 Å². The first-order valence-corrected chi connectivity index (χ1v) is 3.49. The van der Waals surface area contributed by atoms with Crippen molar-refractivity contribution < 1.29 is 13.9 Å². The Morgan fingerprint density at radius 2 is 2.08 bits per heavy atom. The average Bonchev–Trinajstić information content (AvgIpc) is 2.08. The van der Waals surface area contributed by atoms with Crippen LogP contribution in [0.25, 0.3) is 0 Å². The maximum absolute atomic E-state index is 12.8. The minimum absolute atomic E-state index is 0.0995. The van der Waals surface area contributed by atoms with Gasteiger partial charge in [0.25, 0.3) is 0 Å². The molecule has 0 aromatic heterocycles. The first-order chi connectivity index (χ1) is 5.66. The molecule has 12 heavy (non-hydrogen) atoms. The highest BCUT2D eigenvalue weighted by Crippen LogP contribution is 2.17. The van der Waals surface area contributed by atoms with Crippen molar-refractivity contribution in [3.63, 3.8) is 0 Å². The largest absolute Gasteiger partial charge is 0.387 e. The van der Waals surface area contributed by atoms with Crippen LogP contribution in [0.3, 0.4) is 0 Å². The third-order valence-corrected chi connectivity index (χ3v) is 1.56. The fourth-order valence-electron chi connectivity index (χ4n) is 0.905. The van der Waals surface area contributed by atoms with E-state index in [9.17, 15) is 8.78 Å². The molecule has 0 fully saturated rings. The van der Waals surface area contributed by atoms with Gasteiger partial charge < -0.3 is 10.8 Å². The van der Waals surface area contributed by atoms with Crippen molar-refractivity contribution in [2.45, 2.75) is 6.10 Å². The molecule has 0 radical (unpaired) electrons. The summed E-state index contributed by atoms with van der Waals surface area (Å²) in [5, 5.41) is 9.10. The lowest BCUT2D eigenvalue weighted by molar-refractivity contribution is 0.180. The van der Waals surface area contributed by atoms with Gasteiger partial charge in [0.2, 0.25) is 0 Å². The zero-order valence-electron chi connectivity index (χ0n) is 6.30. The average molecular weight is 173 g/mol. The molecule has 2 nitrogen and oxygen atoms in total. The van der Waals surface area contributed by atoms with Crippen molar-refractivity contribution in [3.05, 3.63) is 35.4 Å². The maximum atomic E-state index is 12.8. The molecule has 0 saturated carbocycles.